The van der Waals surface area contributed by atoms with Crippen LogP contribution in [0.15, 0.2) is 42.4 Å². The van der Waals surface area contributed by atoms with Crippen molar-refractivity contribution in [1.29, 1.82) is 0 Å². The van der Waals surface area contributed by atoms with E-state index in [1.807, 2.05) is 0 Å². The van der Waals surface area contributed by atoms with Crippen molar-refractivity contribution in [2.45, 2.75) is 19.6 Å². The van der Waals surface area contributed by atoms with E-state index in [1.165, 1.54) is 12.1 Å². The van der Waals surface area contributed by atoms with Crippen LogP contribution in [0.4, 0.5) is 4.39 Å². The molecule has 0 radical (unpaired) electrons. The van der Waals surface area contributed by atoms with Crippen LogP contribution in [0.1, 0.15) is 11.3 Å². The zero-order chi connectivity index (χ0) is 14.8. The Hall–Kier alpha value is -1.52. The van der Waals surface area contributed by atoms with Gasteiger partial charge in [0.2, 0.25) is 0 Å². The summed E-state index contributed by atoms with van der Waals surface area (Å²) < 4.78 is 13.1. The zero-order valence-corrected chi connectivity index (χ0v) is 13.4. The van der Waals surface area contributed by atoms with E-state index in [-0.39, 0.29) is 5.82 Å². The van der Waals surface area contributed by atoms with E-state index in [0.717, 1.165) is 11.1 Å². The minimum atomic E-state index is -1.50. The van der Waals surface area contributed by atoms with E-state index in [4.69, 9.17) is 11.6 Å². The lowest BCUT2D eigenvalue weighted by Gasteiger charge is -2.15. The fraction of sp³-hybridized carbons (Fsp3) is 0.200. The zero-order valence-electron chi connectivity index (χ0n) is 11.7. The normalized spacial score (nSPS) is 12.6. The highest BCUT2D eigenvalue weighted by Crippen LogP contribution is 2.28. The third kappa shape index (κ3) is 3.74. The summed E-state index contributed by atoms with van der Waals surface area (Å²) in [6.07, 6.45) is 3.17. The summed E-state index contributed by atoms with van der Waals surface area (Å²) in [6, 6.07) is 6.37. The second-order valence-corrected chi connectivity index (χ2v) is 11.0. The lowest BCUT2D eigenvalue weighted by Crippen LogP contribution is -2.17. The Morgan fingerprint density at radius 3 is 2.25 bits per heavy atom. The second-order valence-electron chi connectivity index (χ2n) is 5.63. The monoisotopic (exact) mass is 306 g/mol. The van der Waals surface area contributed by atoms with Gasteiger partial charge in [0.15, 0.2) is 5.15 Å². The summed E-state index contributed by atoms with van der Waals surface area (Å²) >= 11 is 6.16. The maximum atomic E-state index is 13.1. The van der Waals surface area contributed by atoms with Crippen molar-refractivity contribution in [3.63, 3.8) is 0 Å². The van der Waals surface area contributed by atoms with Crippen LogP contribution in [0, 0.1) is 5.82 Å². The topological polar surface area (TPSA) is 25.8 Å². The standard InChI is InChI=1S/C15H16ClFN2Si/c1-20(2,3)10-13(11-4-6-12(17)7-5-11)14-15(16)19-9-8-18-14/h4-10H,1-3H3. The molecule has 2 rings (SSSR count). The molecule has 0 bridgehead atoms. The van der Waals surface area contributed by atoms with E-state index in [2.05, 4.69) is 35.3 Å². The van der Waals surface area contributed by atoms with Crippen LogP contribution < -0.4 is 0 Å². The minimum absolute atomic E-state index is 0.258. The van der Waals surface area contributed by atoms with Crippen molar-refractivity contribution in [2.24, 2.45) is 0 Å². The maximum absolute atomic E-state index is 13.1. The molecule has 1 heterocycles. The van der Waals surface area contributed by atoms with E-state index in [1.54, 1.807) is 24.5 Å². The molecule has 0 amide bonds. The highest BCUT2D eigenvalue weighted by atomic mass is 35.5. The molecule has 2 aromatic rings. The lowest BCUT2D eigenvalue weighted by molar-refractivity contribution is 0.627. The molecule has 1 aromatic heterocycles. The molecular weight excluding hydrogens is 291 g/mol. The van der Waals surface area contributed by atoms with Crippen molar-refractivity contribution in [3.05, 3.63) is 64.6 Å². The Morgan fingerprint density at radius 2 is 1.70 bits per heavy atom. The first-order valence-corrected chi connectivity index (χ1v) is 10.3. The number of aromatic nitrogens is 2. The van der Waals surface area contributed by atoms with Gasteiger partial charge in [-0.3, -0.25) is 4.98 Å². The Bertz CT molecular complexity index is 633. The first-order chi connectivity index (χ1) is 9.37. The molecule has 5 heteroatoms. The minimum Gasteiger partial charge on any atom is -0.251 e. The molecule has 0 saturated heterocycles. The molecule has 1 aromatic carbocycles. The highest BCUT2D eigenvalue weighted by molar-refractivity contribution is 6.81. The van der Waals surface area contributed by atoms with Crippen LogP contribution in [-0.4, -0.2) is 18.0 Å². The van der Waals surface area contributed by atoms with Gasteiger partial charge in [-0.2, -0.15) is 0 Å². The van der Waals surface area contributed by atoms with Crippen LogP contribution in [0.25, 0.3) is 5.57 Å². The largest absolute Gasteiger partial charge is 0.251 e. The highest BCUT2D eigenvalue weighted by Gasteiger charge is 2.17. The summed E-state index contributed by atoms with van der Waals surface area (Å²) in [7, 11) is -1.50. The third-order valence-electron chi connectivity index (χ3n) is 2.64. The molecule has 0 fully saturated rings. The average Bonchev–Trinajstić information content (AvgIpc) is 2.37. The molecular formula is C15H16ClFN2Si. The second kappa shape index (κ2) is 5.85. The summed E-state index contributed by atoms with van der Waals surface area (Å²) in [6.45, 7) is 6.67. The van der Waals surface area contributed by atoms with Crippen molar-refractivity contribution < 1.29 is 4.39 Å². The van der Waals surface area contributed by atoms with Crippen LogP contribution in [0.3, 0.4) is 0 Å². The summed E-state index contributed by atoms with van der Waals surface area (Å²) in [5.41, 5.74) is 4.66. The third-order valence-corrected chi connectivity index (χ3v) is 4.07. The van der Waals surface area contributed by atoms with Gasteiger partial charge in [0.1, 0.15) is 11.5 Å². The van der Waals surface area contributed by atoms with Gasteiger partial charge in [0.25, 0.3) is 0 Å². The Kier molecular flexibility index (Phi) is 4.35. The van der Waals surface area contributed by atoms with Gasteiger partial charge in [-0.1, -0.05) is 49.1 Å². The SMILES string of the molecule is C[Si](C)(C)C=C(c1ccc(F)cc1)c1nccnc1Cl. The molecule has 0 aliphatic rings. The molecule has 0 aliphatic carbocycles. The number of hydrogen-bond acceptors (Lipinski definition) is 2. The van der Waals surface area contributed by atoms with Crippen molar-refractivity contribution >= 4 is 25.2 Å². The molecule has 0 unspecified atom stereocenters. The van der Waals surface area contributed by atoms with Crippen molar-refractivity contribution in [2.75, 3.05) is 0 Å². The molecule has 20 heavy (non-hydrogen) atoms. The number of halogens is 2. The van der Waals surface area contributed by atoms with E-state index >= 15 is 0 Å². The van der Waals surface area contributed by atoms with Crippen LogP contribution in [0.5, 0.6) is 0 Å². The van der Waals surface area contributed by atoms with Crippen LogP contribution in [0.2, 0.25) is 24.8 Å². The predicted octanol–water partition coefficient (Wildman–Crippen LogP) is 4.58. The lowest BCUT2D eigenvalue weighted by atomic mass is 10.1. The maximum Gasteiger partial charge on any atom is 0.155 e. The van der Waals surface area contributed by atoms with Gasteiger partial charge >= 0.3 is 0 Å². The average molecular weight is 307 g/mol. The predicted molar refractivity (Wildman–Crippen MR) is 83.9 cm³/mol. The van der Waals surface area contributed by atoms with Gasteiger partial charge in [0, 0.05) is 18.0 Å². The first-order valence-electron chi connectivity index (χ1n) is 6.32. The van der Waals surface area contributed by atoms with E-state index in [0.29, 0.717) is 10.8 Å². The molecule has 104 valence electrons. The van der Waals surface area contributed by atoms with Gasteiger partial charge in [0.05, 0.1) is 8.07 Å². The molecule has 0 N–H and O–H groups in total. The smallest absolute Gasteiger partial charge is 0.155 e. The Balaban J connectivity index is 2.60. The fourth-order valence-corrected chi connectivity index (χ4v) is 3.23. The number of benzene rings is 1. The molecule has 2 nitrogen and oxygen atoms in total. The number of rotatable bonds is 3. The quantitative estimate of drug-likeness (QED) is 0.776. The van der Waals surface area contributed by atoms with Crippen molar-refractivity contribution in [3.8, 4) is 0 Å². The number of nitrogens with zero attached hydrogens (tertiary/aromatic N) is 2. The molecule has 0 atom stereocenters. The van der Waals surface area contributed by atoms with E-state index in [9.17, 15) is 4.39 Å². The first kappa shape index (κ1) is 14.9. The molecule has 0 saturated carbocycles. The van der Waals surface area contributed by atoms with Crippen molar-refractivity contribution in [1.82, 2.24) is 9.97 Å². The van der Waals surface area contributed by atoms with Crippen LogP contribution >= 0.6 is 11.6 Å². The molecule has 0 spiro atoms. The Labute approximate surface area is 124 Å². The summed E-state index contributed by atoms with van der Waals surface area (Å²) in [5, 5.41) is 0.362. The van der Waals surface area contributed by atoms with Gasteiger partial charge < -0.3 is 0 Å². The summed E-state index contributed by atoms with van der Waals surface area (Å²) in [4.78, 5) is 8.40. The number of hydrogen-bond donors (Lipinski definition) is 0. The van der Waals surface area contributed by atoms with Gasteiger partial charge in [-0.25, -0.2) is 9.37 Å². The van der Waals surface area contributed by atoms with Gasteiger partial charge in [-0.05, 0) is 17.7 Å². The summed E-state index contributed by atoms with van der Waals surface area (Å²) in [5.74, 6) is -0.258. The van der Waals surface area contributed by atoms with Gasteiger partial charge in [-0.15, -0.1) is 0 Å². The Morgan fingerprint density at radius 1 is 1.10 bits per heavy atom. The fourth-order valence-electron chi connectivity index (χ4n) is 1.85. The van der Waals surface area contributed by atoms with Crippen LogP contribution in [-0.2, 0) is 0 Å². The molecule has 0 aliphatic heterocycles. The van der Waals surface area contributed by atoms with E-state index < -0.39 is 8.07 Å².